The topological polar surface area (TPSA) is 135 Å². The first-order valence-corrected chi connectivity index (χ1v) is 15.0. The Balaban J connectivity index is 1.13. The van der Waals surface area contributed by atoms with Gasteiger partial charge in [0.1, 0.15) is 6.04 Å². The summed E-state index contributed by atoms with van der Waals surface area (Å²) in [5.41, 5.74) is 3.33. The number of carbonyl (C=O) groups is 2. The lowest BCUT2D eigenvalue weighted by atomic mass is 10.0. The number of amides is 2. The van der Waals surface area contributed by atoms with E-state index in [2.05, 4.69) is 35.5 Å². The van der Waals surface area contributed by atoms with Gasteiger partial charge in [0.15, 0.2) is 0 Å². The van der Waals surface area contributed by atoms with Crippen molar-refractivity contribution < 1.29 is 19.1 Å². The van der Waals surface area contributed by atoms with Crippen LogP contribution in [0.4, 0.5) is 11.9 Å². The van der Waals surface area contributed by atoms with Gasteiger partial charge in [-0.2, -0.15) is 0 Å². The number of anilines is 2. The summed E-state index contributed by atoms with van der Waals surface area (Å²) < 4.78 is 10.9. The van der Waals surface area contributed by atoms with Crippen LogP contribution < -0.4 is 15.5 Å². The number of benzene rings is 1. The Morgan fingerprint density at radius 1 is 1.05 bits per heavy atom. The van der Waals surface area contributed by atoms with Gasteiger partial charge in [-0.1, -0.05) is 23.7 Å². The molecule has 43 heavy (non-hydrogen) atoms. The third-order valence-corrected chi connectivity index (χ3v) is 8.40. The molecule has 3 aliphatic heterocycles. The van der Waals surface area contributed by atoms with E-state index in [-0.39, 0.29) is 23.9 Å². The Morgan fingerprint density at radius 3 is 2.60 bits per heavy atom. The number of aromatic nitrogens is 4. The monoisotopic (exact) mass is 606 g/mol. The molecule has 12 nitrogen and oxygen atoms in total. The summed E-state index contributed by atoms with van der Waals surface area (Å²) in [6.45, 7) is 8.05. The van der Waals surface area contributed by atoms with E-state index < -0.39 is 6.04 Å². The zero-order chi connectivity index (χ0) is 29.9. The van der Waals surface area contributed by atoms with Gasteiger partial charge in [0, 0.05) is 56.2 Å². The molecule has 0 bridgehead atoms. The van der Waals surface area contributed by atoms with Crippen molar-refractivity contribution >= 4 is 35.3 Å². The summed E-state index contributed by atoms with van der Waals surface area (Å²) in [7, 11) is 0. The molecule has 2 fully saturated rings. The number of hydrogen-bond donors (Lipinski definition) is 2. The number of morpholine rings is 1. The highest BCUT2D eigenvalue weighted by atomic mass is 35.5. The molecular formula is C30H35ClN8O4. The first-order valence-electron chi connectivity index (χ1n) is 14.6. The highest BCUT2D eigenvalue weighted by Crippen LogP contribution is 2.32. The quantitative estimate of drug-likeness (QED) is 0.393. The van der Waals surface area contributed by atoms with Crippen LogP contribution >= 0.6 is 11.6 Å². The standard InChI is InChI=1S/C30H35ClN8O4/c1-18(25-5-8-32-30(36-25)38-9-13-43-14-10-38)34-27(40)19(2)39-17-21-4-3-20(15-23(21)28(39)41)26-24(31)16-33-29(37-26)35-22-6-11-42-12-7-22/h3-5,8,15-16,18-19,22H,6-7,9-14,17H2,1-2H3,(H,34,40)(H,33,35,37). The van der Waals surface area contributed by atoms with Crippen molar-refractivity contribution in [3.8, 4) is 11.3 Å². The van der Waals surface area contributed by atoms with Crippen molar-refractivity contribution in [1.29, 1.82) is 0 Å². The van der Waals surface area contributed by atoms with Crippen molar-refractivity contribution in [2.75, 3.05) is 49.7 Å². The fraction of sp³-hybridized carbons (Fsp3) is 0.467. The van der Waals surface area contributed by atoms with E-state index in [4.69, 9.17) is 21.1 Å². The predicted molar refractivity (Wildman–Crippen MR) is 161 cm³/mol. The highest BCUT2D eigenvalue weighted by Gasteiger charge is 2.35. The maximum absolute atomic E-state index is 13.5. The Morgan fingerprint density at radius 2 is 1.81 bits per heavy atom. The number of hydrogen-bond acceptors (Lipinski definition) is 10. The summed E-state index contributed by atoms with van der Waals surface area (Å²) in [6, 6.07) is 6.56. The van der Waals surface area contributed by atoms with E-state index in [1.807, 2.05) is 19.1 Å². The van der Waals surface area contributed by atoms with Gasteiger partial charge in [0.05, 0.1) is 41.9 Å². The second kappa shape index (κ2) is 12.8. The van der Waals surface area contributed by atoms with Gasteiger partial charge in [-0.05, 0) is 44.4 Å². The zero-order valence-electron chi connectivity index (χ0n) is 24.3. The second-order valence-corrected chi connectivity index (χ2v) is 11.4. The van der Waals surface area contributed by atoms with E-state index in [9.17, 15) is 9.59 Å². The van der Waals surface area contributed by atoms with Gasteiger partial charge >= 0.3 is 0 Å². The molecule has 5 heterocycles. The summed E-state index contributed by atoms with van der Waals surface area (Å²) in [6.07, 6.45) is 5.03. The average Bonchev–Trinajstić information content (AvgIpc) is 3.37. The molecule has 6 rings (SSSR count). The van der Waals surface area contributed by atoms with Crippen molar-refractivity contribution in [2.45, 2.75) is 51.4 Å². The van der Waals surface area contributed by atoms with Crippen molar-refractivity contribution in [1.82, 2.24) is 30.2 Å². The molecule has 2 atom stereocenters. The molecule has 2 saturated heterocycles. The highest BCUT2D eigenvalue weighted by molar-refractivity contribution is 6.33. The minimum Gasteiger partial charge on any atom is -0.381 e. The van der Waals surface area contributed by atoms with Gasteiger partial charge in [-0.3, -0.25) is 9.59 Å². The van der Waals surface area contributed by atoms with Crippen molar-refractivity contribution in [3.05, 3.63) is 58.5 Å². The SMILES string of the molecule is CC(NC(=O)C(C)N1Cc2ccc(-c3nc(NC4CCOCC4)ncc3Cl)cc2C1=O)c1ccnc(N2CCOCC2)n1. The van der Waals surface area contributed by atoms with Crippen LogP contribution in [0, 0.1) is 0 Å². The Hall–Kier alpha value is -3.87. The van der Waals surface area contributed by atoms with Crippen molar-refractivity contribution in [2.24, 2.45) is 0 Å². The molecular weight excluding hydrogens is 572 g/mol. The maximum Gasteiger partial charge on any atom is 0.255 e. The first-order chi connectivity index (χ1) is 20.9. The predicted octanol–water partition coefficient (Wildman–Crippen LogP) is 3.24. The third kappa shape index (κ3) is 6.41. The third-order valence-electron chi connectivity index (χ3n) is 8.12. The van der Waals surface area contributed by atoms with Crippen LogP contribution in [-0.2, 0) is 20.8 Å². The fourth-order valence-corrected chi connectivity index (χ4v) is 5.72. The largest absolute Gasteiger partial charge is 0.381 e. The fourth-order valence-electron chi connectivity index (χ4n) is 5.52. The van der Waals surface area contributed by atoms with Crippen LogP contribution in [-0.4, -0.2) is 88.3 Å². The molecule has 3 aromatic rings. The summed E-state index contributed by atoms with van der Waals surface area (Å²) in [4.78, 5) is 48.6. The number of ether oxygens (including phenoxy) is 2. The van der Waals surface area contributed by atoms with Crippen LogP contribution in [0.15, 0.2) is 36.7 Å². The number of rotatable bonds is 8. The molecule has 0 saturated carbocycles. The number of fused-ring (bicyclic) bond motifs is 1. The normalized spacial score (nSPS) is 18.7. The number of nitrogens with one attached hydrogen (secondary N) is 2. The molecule has 1 aromatic carbocycles. The summed E-state index contributed by atoms with van der Waals surface area (Å²) >= 11 is 6.50. The van der Waals surface area contributed by atoms with Gasteiger partial charge in [0.2, 0.25) is 17.8 Å². The number of halogens is 1. The molecule has 226 valence electrons. The van der Waals surface area contributed by atoms with E-state index in [0.717, 1.165) is 31.5 Å². The van der Waals surface area contributed by atoms with Crippen LogP contribution in [0.5, 0.6) is 0 Å². The van der Waals surface area contributed by atoms with E-state index in [0.29, 0.717) is 72.4 Å². The van der Waals surface area contributed by atoms with Gasteiger partial charge < -0.3 is 29.9 Å². The van der Waals surface area contributed by atoms with Crippen molar-refractivity contribution in [3.63, 3.8) is 0 Å². The lowest BCUT2D eigenvalue weighted by Gasteiger charge is -2.28. The minimum absolute atomic E-state index is 0.213. The van der Waals surface area contributed by atoms with E-state index in [1.54, 1.807) is 36.4 Å². The molecule has 0 radical (unpaired) electrons. The Labute approximate surface area is 255 Å². The molecule has 2 amide bonds. The summed E-state index contributed by atoms with van der Waals surface area (Å²) in [5.74, 6) is 0.628. The van der Waals surface area contributed by atoms with Crippen LogP contribution in [0.25, 0.3) is 11.3 Å². The Bertz CT molecular complexity index is 1490. The van der Waals surface area contributed by atoms with E-state index in [1.165, 1.54) is 0 Å². The average molecular weight is 607 g/mol. The Kier molecular flexibility index (Phi) is 8.68. The van der Waals surface area contributed by atoms with E-state index >= 15 is 0 Å². The van der Waals surface area contributed by atoms with Crippen LogP contribution in [0.1, 0.15) is 54.3 Å². The molecule has 2 unspecified atom stereocenters. The second-order valence-electron chi connectivity index (χ2n) is 11.0. The molecule has 2 N–H and O–H groups in total. The minimum atomic E-state index is -0.690. The van der Waals surface area contributed by atoms with Gasteiger partial charge in [0.25, 0.3) is 5.91 Å². The maximum atomic E-state index is 13.5. The molecule has 2 aromatic heterocycles. The lowest BCUT2D eigenvalue weighted by Crippen LogP contribution is -2.46. The van der Waals surface area contributed by atoms with Crippen LogP contribution in [0.2, 0.25) is 5.02 Å². The van der Waals surface area contributed by atoms with Gasteiger partial charge in [-0.25, -0.2) is 19.9 Å². The zero-order valence-corrected chi connectivity index (χ0v) is 25.0. The molecule has 3 aliphatic rings. The van der Waals surface area contributed by atoms with Gasteiger partial charge in [-0.15, -0.1) is 0 Å². The lowest BCUT2D eigenvalue weighted by molar-refractivity contribution is -0.125. The molecule has 0 aliphatic carbocycles. The molecule has 13 heteroatoms. The smallest absolute Gasteiger partial charge is 0.255 e. The number of carbonyl (C=O) groups excluding carboxylic acids is 2. The number of nitrogens with zero attached hydrogens (tertiary/aromatic N) is 6. The van der Waals surface area contributed by atoms with Crippen LogP contribution in [0.3, 0.4) is 0 Å². The first kappa shape index (κ1) is 29.2. The summed E-state index contributed by atoms with van der Waals surface area (Å²) in [5, 5.41) is 6.78. The molecule has 0 spiro atoms.